The Bertz CT molecular complexity index is 534. The van der Waals surface area contributed by atoms with Gasteiger partial charge in [-0.3, -0.25) is 10.1 Å². The molecule has 0 unspecified atom stereocenters. The van der Waals surface area contributed by atoms with Crippen LogP contribution in [0.2, 0.25) is 0 Å². The Hall–Kier alpha value is -2.18. The molecule has 0 aromatic heterocycles. The molecule has 0 fully saturated rings. The molecule has 0 saturated heterocycles. The lowest BCUT2D eigenvalue weighted by atomic mass is 10.0. The minimum absolute atomic E-state index is 0.196. The van der Waals surface area contributed by atoms with E-state index in [1.807, 2.05) is 5.32 Å². The van der Waals surface area contributed by atoms with Crippen molar-refractivity contribution in [1.82, 2.24) is 5.32 Å². The average Bonchev–Trinajstić information content (AvgIpc) is 2.26. The number of halogens is 2. The lowest BCUT2D eigenvalue weighted by Crippen LogP contribution is -2.44. The quantitative estimate of drug-likeness (QED) is 0.838. The zero-order chi connectivity index (χ0) is 14.0. The minimum Gasteiger partial charge on any atom is -0.360 e. The predicted octanol–water partition coefficient (Wildman–Crippen LogP) is 0.912. The Morgan fingerprint density at radius 3 is 2.79 bits per heavy atom. The van der Waals surface area contributed by atoms with Crippen molar-refractivity contribution in [2.24, 2.45) is 5.73 Å². The Balaban J connectivity index is 2.22. The molecule has 1 aromatic carbocycles. The molecule has 1 heterocycles. The number of aryl methyl sites for hydroxylation is 1. The van der Waals surface area contributed by atoms with Crippen LogP contribution in [0.3, 0.4) is 0 Å². The molecule has 7 heteroatoms. The maximum atomic E-state index is 13.8. The van der Waals surface area contributed by atoms with E-state index >= 15 is 0 Å². The lowest BCUT2D eigenvalue weighted by Gasteiger charge is -2.30. The molecule has 0 aliphatic carbocycles. The highest BCUT2D eigenvalue weighted by molar-refractivity contribution is 5.95. The fourth-order valence-corrected chi connectivity index (χ4v) is 2.24. The number of benzene rings is 1. The first-order valence-corrected chi connectivity index (χ1v) is 5.79. The number of imide groups is 1. The molecule has 19 heavy (non-hydrogen) atoms. The Kier molecular flexibility index (Phi) is 3.64. The number of primary amides is 1. The van der Waals surface area contributed by atoms with Gasteiger partial charge >= 0.3 is 6.03 Å². The van der Waals surface area contributed by atoms with Crippen LogP contribution >= 0.6 is 0 Å². The zero-order valence-corrected chi connectivity index (χ0v) is 10.1. The van der Waals surface area contributed by atoms with Crippen LogP contribution in [0.15, 0.2) is 12.1 Å². The normalized spacial score (nSPS) is 13.9. The van der Waals surface area contributed by atoms with Gasteiger partial charge in [0.2, 0.25) is 5.91 Å². The number of anilines is 1. The number of nitrogens with two attached hydrogens (primary N) is 1. The second kappa shape index (κ2) is 5.21. The van der Waals surface area contributed by atoms with Gasteiger partial charge in [0.15, 0.2) is 0 Å². The van der Waals surface area contributed by atoms with E-state index in [-0.39, 0.29) is 12.2 Å². The van der Waals surface area contributed by atoms with Crippen LogP contribution in [0.1, 0.15) is 12.0 Å². The van der Waals surface area contributed by atoms with E-state index in [0.717, 1.165) is 6.07 Å². The molecule has 0 radical (unpaired) electrons. The van der Waals surface area contributed by atoms with Crippen molar-refractivity contribution < 1.29 is 18.4 Å². The molecule has 1 aromatic rings. The van der Waals surface area contributed by atoms with Crippen LogP contribution in [-0.4, -0.2) is 25.0 Å². The van der Waals surface area contributed by atoms with Crippen molar-refractivity contribution in [2.45, 2.75) is 12.8 Å². The third kappa shape index (κ3) is 2.98. The Morgan fingerprint density at radius 2 is 2.11 bits per heavy atom. The number of urea groups is 1. The summed E-state index contributed by atoms with van der Waals surface area (Å²) in [6.07, 6.45) is 1.23. The first-order chi connectivity index (χ1) is 8.97. The van der Waals surface area contributed by atoms with Crippen molar-refractivity contribution in [2.75, 3.05) is 18.0 Å². The van der Waals surface area contributed by atoms with Gasteiger partial charge < -0.3 is 10.6 Å². The van der Waals surface area contributed by atoms with E-state index in [4.69, 9.17) is 5.73 Å². The number of rotatable bonds is 2. The van der Waals surface area contributed by atoms with Crippen LogP contribution < -0.4 is 16.0 Å². The smallest absolute Gasteiger partial charge is 0.318 e. The fraction of sp³-hybridized carbons (Fsp3) is 0.333. The summed E-state index contributed by atoms with van der Waals surface area (Å²) in [4.78, 5) is 23.5. The molecular formula is C12H13F2N3O2. The molecule has 5 nitrogen and oxygen atoms in total. The highest BCUT2D eigenvalue weighted by Crippen LogP contribution is 2.30. The van der Waals surface area contributed by atoms with Crippen molar-refractivity contribution in [3.05, 3.63) is 29.3 Å². The fourth-order valence-electron chi connectivity index (χ4n) is 2.24. The molecule has 1 aliphatic heterocycles. The second-order valence-corrected chi connectivity index (χ2v) is 4.33. The molecule has 2 rings (SSSR count). The molecule has 0 saturated carbocycles. The van der Waals surface area contributed by atoms with E-state index < -0.39 is 23.6 Å². The van der Waals surface area contributed by atoms with E-state index in [1.54, 1.807) is 0 Å². The maximum absolute atomic E-state index is 13.8. The van der Waals surface area contributed by atoms with Gasteiger partial charge in [-0.05, 0) is 24.5 Å². The summed E-state index contributed by atoms with van der Waals surface area (Å²) in [5.41, 5.74) is 5.57. The Morgan fingerprint density at radius 1 is 1.37 bits per heavy atom. The highest BCUT2D eigenvalue weighted by Gasteiger charge is 2.23. The minimum atomic E-state index is -0.957. The van der Waals surface area contributed by atoms with Gasteiger partial charge in [-0.15, -0.1) is 0 Å². The van der Waals surface area contributed by atoms with Crippen LogP contribution in [0.4, 0.5) is 19.3 Å². The zero-order valence-electron chi connectivity index (χ0n) is 10.1. The third-order valence-corrected chi connectivity index (χ3v) is 2.89. The molecule has 1 aliphatic rings. The van der Waals surface area contributed by atoms with Gasteiger partial charge in [-0.2, -0.15) is 0 Å². The first-order valence-electron chi connectivity index (χ1n) is 5.79. The number of hydrogen-bond acceptors (Lipinski definition) is 3. The summed E-state index contributed by atoms with van der Waals surface area (Å²) >= 11 is 0. The van der Waals surface area contributed by atoms with Gasteiger partial charge in [-0.1, -0.05) is 0 Å². The molecule has 0 atom stereocenters. The topological polar surface area (TPSA) is 75.4 Å². The Labute approximate surface area is 108 Å². The SMILES string of the molecule is NC(=O)NC(=O)CN1CCCc2cc(F)cc(F)c21. The van der Waals surface area contributed by atoms with Crippen LogP contribution in [0, 0.1) is 11.6 Å². The summed E-state index contributed by atoms with van der Waals surface area (Å²) in [6.45, 7) is 0.264. The molecule has 3 N–H and O–H groups in total. The van der Waals surface area contributed by atoms with Crippen LogP contribution in [0.5, 0.6) is 0 Å². The van der Waals surface area contributed by atoms with Crippen molar-refractivity contribution in [3.63, 3.8) is 0 Å². The summed E-state index contributed by atoms with van der Waals surface area (Å²) in [5.74, 6) is -1.97. The maximum Gasteiger partial charge on any atom is 0.318 e. The lowest BCUT2D eigenvalue weighted by molar-refractivity contribution is -0.118. The second-order valence-electron chi connectivity index (χ2n) is 4.33. The van der Waals surface area contributed by atoms with Crippen LogP contribution in [-0.2, 0) is 11.2 Å². The van der Waals surface area contributed by atoms with E-state index in [9.17, 15) is 18.4 Å². The molecule has 3 amide bonds. The van der Waals surface area contributed by atoms with E-state index in [2.05, 4.69) is 0 Å². The number of nitrogens with one attached hydrogen (secondary N) is 1. The summed E-state index contributed by atoms with van der Waals surface area (Å²) < 4.78 is 26.9. The molecular weight excluding hydrogens is 256 g/mol. The molecule has 0 spiro atoms. The van der Waals surface area contributed by atoms with Crippen molar-refractivity contribution in [3.8, 4) is 0 Å². The monoisotopic (exact) mass is 269 g/mol. The summed E-state index contributed by atoms with van der Waals surface area (Å²) in [5, 5.41) is 1.91. The largest absolute Gasteiger partial charge is 0.360 e. The summed E-state index contributed by atoms with van der Waals surface area (Å²) in [7, 11) is 0. The van der Waals surface area contributed by atoms with E-state index in [1.165, 1.54) is 11.0 Å². The van der Waals surface area contributed by atoms with Crippen molar-refractivity contribution in [1.29, 1.82) is 0 Å². The predicted molar refractivity (Wildman–Crippen MR) is 64.6 cm³/mol. The number of nitrogens with zero attached hydrogens (tertiary/aromatic N) is 1. The van der Waals surface area contributed by atoms with Gasteiger partial charge in [0.05, 0.1) is 12.2 Å². The number of hydrogen-bond donors (Lipinski definition) is 2. The van der Waals surface area contributed by atoms with Gasteiger partial charge in [0, 0.05) is 12.6 Å². The van der Waals surface area contributed by atoms with Gasteiger partial charge in [0.1, 0.15) is 11.6 Å². The molecule has 102 valence electrons. The van der Waals surface area contributed by atoms with Gasteiger partial charge in [-0.25, -0.2) is 13.6 Å². The molecule has 0 bridgehead atoms. The number of fused-ring (bicyclic) bond motifs is 1. The highest BCUT2D eigenvalue weighted by atomic mass is 19.1. The number of carbonyl (C=O) groups is 2. The van der Waals surface area contributed by atoms with E-state index in [0.29, 0.717) is 24.9 Å². The number of amides is 3. The summed E-state index contributed by atoms with van der Waals surface area (Å²) in [6, 6.07) is 1.08. The average molecular weight is 269 g/mol. The van der Waals surface area contributed by atoms with Crippen molar-refractivity contribution >= 4 is 17.6 Å². The first kappa shape index (κ1) is 13.3. The number of carbonyl (C=O) groups excluding carboxylic acids is 2. The van der Waals surface area contributed by atoms with Gasteiger partial charge in [0.25, 0.3) is 0 Å². The third-order valence-electron chi connectivity index (χ3n) is 2.89. The van der Waals surface area contributed by atoms with Crippen LogP contribution in [0.25, 0.3) is 0 Å². The standard InChI is InChI=1S/C12H13F2N3O2/c13-8-4-7-2-1-3-17(11(7)9(14)5-8)6-10(18)16-12(15)19/h4-5H,1-3,6H2,(H3,15,16,18,19).